The van der Waals surface area contributed by atoms with E-state index in [1.165, 1.54) is 25.3 Å². The Hall–Kier alpha value is -2.44. The van der Waals surface area contributed by atoms with Crippen LogP contribution in [0, 0.1) is 12.7 Å². The fourth-order valence-electron chi connectivity index (χ4n) is 3.31. The van der Waals surface area contributed by atoms with Crippen molar-refractivity contribution in [2.75, 3.05) is 13.6 Å². The molecule has 2 N–H and O–H groups in total. The van der Waals surface area contributed by atoms with E-state index in [4.69, 9.17) is 0 Å². The number of aliphatic imine (C=N–C) groups is 1. The maximum Gasteiger partial charge on any atom is 0.191 e. The van der Waals surface area contributed by atoms with Gasteiger partial charge in [-0.3, -0.25) is 4.99 Å². The third-order valence-electron chi connectivity index (χ3n) is 4.82. The zero-order valence-electron chi connectivity index (χ0n) is 15.6. The molecule has 0 aliphatic carbocycles. The first-order valence-corrected chi connectivity index (χ1v) is 9.28. The van der Waals surface area contributed by atoms with Crippen LogP contribution in [0.2, 0.25) is 0 Å². The molecule has 2 aromatic rings. The monoisotopic (exact) mass is 358 g/mol. The highest BCUT2D eigenvalue weighted by molar-refractivity contribution is 5.79. The number of rotatable bonds is 5. The Balaban J connectivity index is 1.50. The van der Waals surface area contributed by atoms with Gasteiger partial charge < -0.3 is 15.2 Å². The Labute approximate surface area is 153 Å². The molecule has 0 unspecified atom stereocenters. The number of halogens is 1. The van der Waals surface area contributed by atoms with Crippen molar-refractivity contribution in [3.63, 3.8) is 0 Å². The summed E-state index contributed by atoms with van der Waals surface area (Å²) in [5.74, 6) is 2.59. The number of aryl methyl sites for hydroxylation is 2. The lowest BCUT2D eigenvalue weighted by atomic mass is 10.1. The van der Waals surface area contributed by atoms with E-state index in [-0.39, 0.29) is 5.82 Å². The molecule has 140 valence electrons. The maximum atomic E-state index is 13.2. The van der Waals surface area contributed by atoms with Gasteiger partial charge in [0, 0.05) is 26.6 Å². The summed E-state index contributed by atoms with van der Waals surface area (Å²) in [6.45, 7) is 4.25. The molecule has 0 atom stereocenters. The molecule has 1 aromatic carbocycles. The summed E-state index contributed by atoms with van der Waals surface area (Å²) < 4.78 is 15.4. The van der Waals surface area contributed by atoms with Crippen LogP contribution in [0.5, 0.6) is 0 Å². The average Bonchev–Trinajstić information content (AvgIpc) is 2.86. The predicted octanol–water partition coefficient (Wildman–Crippen LogP) is 2.36. The molecule has 0 fully saturated rings. The van der Waals surface area contributed by atoms with E-state index in [9.17, 15) is 4.39 Å². The van der Waals surface area contributed by atoms with Crippen LogP contribution in [-0.2, 0) is 25.9 Å². The topological polar surface area (TPSA) is 67.1 Å². The minimum absolute atomic E-state index is 0.191. The summed E-state index contributed by atoms with van der Waals surface area (Å²) in [4.78, 5) is 4.26. The number of guanidine groups is 1. The van der Waals surface area contributed by atoms with Gasteiger partial charge in [0.2, 0.25) is 0 Å². The summed E-state index contributed by atoms with van der Waals surface area (Å²) in [5, 5.41) is 15.3. The van der Waals surface area contributed by atoms with E-state index < -0.39 is 0 Å². The molecule has 26 heavy (non-hydrogen) atoms. The zero-order valence-corrected chi connectivity index (χ0v) is 15.6. The number of hydrogen-bond acceptors (Lipinski definition) is 3. The van der Waals surface area contributed by atoms with Gasteiger partial charge in [-0.1, -0.05) is 12.5 Å². The largest absolute Gasteiger partial charge is 0.356 e. The normalized spacial score (nSPS) is 14.7. The van der Waals surface area contributed by atoms with E-state index in [0.29, 0.717) is 6.54 Å². The van der Waals surface area contributed by atoms with Gasteiger partial charge in [0.1, 0.15) is 11.6 Å². The second-order valence-electron chi connectivity index (χ2n) is 6.67. The molecule has 1 aliphatic rings. The molecule has 7 heteroatoms. The quantitative estimate of drug-likeness (QED) is 0.636. The molecular formula is C19H27FN6. The SMILES string of the molecule is CN=C(NCCc1ccc(F)cc1C)NCc1nnc2n1CCCCC2. The molecule has 0 amide bonds. The molecule has 1 aliphatic heterocycles. The number of nitrogens with zero attached hydrogens (tertiary/aromatic N) is 4. The van der Waals surface area contributed by atoms with Gasteiger partial charge in [-0.15, -0.1) is 10.2 Å². The zero-order chi connectivity index (χ0) is 18.4. The van der Waals surface area contributed by atoms with Crippen LogP contribution >= 0.6 is 0 Å². The Morgan fingerprint density at radius 2 is 2.12 bits per heavy atom. The highest BCUT2D eigenvalue weighted by atomic mass is 19.1. The lowest BCUT2D eigenvalue weighted by molar-refractivity contribution is 0.596. The van der Waals surface area contributed by atoms with E-state index in [0.717, 1.165) is 54.7 Å². The molecule has 0 spiro atoms. The summed E-state index contributed by atoms with van der Waals surface area (Å²) in [7, 11) is 1.75. The number of fused-ring (bicyclic) bond motifs is 1. The third kappa shape index (κ3) is 4.59. The van der Waals surface area contributed by atoms with E-state index in [2.05, 4.69) is 30.4 Å². The van der Waals surface area contributed by atoms with Crippen LogP contribution in [0.3, 0.4) is 0 Å². The highest BCUT2D eigenvalue weighted by Gasteiger charge is 2.14. The average molecular weight is 358 g/mol. The Kier molecular flexibility index (Phi) is 6.20. The Bertz CT molecular complexity index is 767. The van der Waals surface area contributed by atoms with Crippen molar-refractivity contribution in [1.82, 2.24) is 25.4 Å². The number of benzene rings is 1. The molecular weight excluding hydrogens is 331 g/mol. The first-order chi connectivity index (χ1) is 12.7. The van der Waals surface area contributed by atoms with Crippen molar-refractivity contribution < 1.29 is 4.39 Å². The second kappa shape index (κ2) is 8.78. The van der Waals surface area contributed by atoms with Crippen LogP contribution in [0.15, 0.2) is 23.2 Å². The van der Waals surface area contributed by atoms with Gasteiger partial charge in [0.25, 0.3) is 0 Å². The Morgan fingerprint density at radius 1 is 1.23 bits per heavy atom. The third-order valence-corrected chi connectivity index (χ3v) is 4.82. The lowest BCUT2D eigenvalue weighted by Gasteiger charge is -2.13. The minimum Gasteiger partial charge on any atom is -0.356 e. The molecule has 0 bridgehead atoms. The van der Waals surface area contributed by atoms with Gasteiger partial charge in [-0.25, -0.2) is 4.39 Å². The molecule has 2 heterocycles. The summed E-state index contributed by atoms with van der Waals surface area (Å²) >= 11 is 0. The first kappa shape index (κ1) is 18.4. The fraction of sp³-hybridized carbons (Fsp3) is 0.526. The van der Waals surface area contributed by atoms with Crippen molar-refractivity contribution >= 4 is 5.96 Å². The Morgan fingerprint density at radius 3 is 2.92 bits per heavy atom. The molecule has 0 saturated heterocycles. The summed E-state index contributed by atoms with van der Waals surface area (Å²) in [6.07, 6.45) is 5.45. The van der Waals surface area contributed by atoms with Gasteiger partial charge in [0.15, 0.2) is 11.8 Å². The van der Waals surface area contributed by atoms with E-state index in [1.807, 2.05) is 13.0 Å². The number of aromatic nitrogens is 3. The van der Waals surface area contributed by atoms with Crippen molar-refractivity contribution in [2.45, 2.75) is 52.1 Å². The van der Waals surface area contributed by atoms with Crippen LogP contribution in [-0.4, -0.2) is 34.3 Å². The van der Waals surface area contributed by atoms with Crippen molar-refractivity contribution in [2.24, 2.45) is 4.99 Å². The summed E-state index contributed by atoms with van der Waals surface area (Å²) in [6, 6.07) is 4.92. The van der Waals surface area contributed by atoms with Crippen LogP contribution < -0.4 is 10.6 Å². The molecule has 1 aromatic heterocycles. The maximum absolute atomic E-state index is 13.2. The molecule has 6 nitrogen and oxygen atoms in total. The van der Waals surface area contributed by atoms with Gasteiger partial charge >= 0.3 is 0 Å². The number of hydrogen-bond donors (Lipinski definition) is 2. The van der Waals surface area contributed by atoms with E-state index in [1.54, 1.807) is 13.1 Å². The first-order valence-electron chi connectivity index (χ1n) is 9.28. The van der Waals surface area contributed by atoms with Crippen molar-refractivity contribution in [3.8, 4) is 0 Å². The molecule has 0 saturated carbocycles. The van der Waals surface area contributed by atoms with Crippen molar-refractivity contribution in [3.05, 3.63) is 46.8 Å². The summed E-state index contributed by atoms with van der Waals surface area (Å²) in [5.41, 5.74) is 2.11. The lowest BCUT2D eigenvalue weighted by Crippen LogP contribution is -2.38. The van der Waals surface area contributed by atoms with Gasteiger partial charge in [0.05, 0.1) is 6.54 Å². The van der Waals surface area contributed by atoms with Crippen LogP contribution in [0.25, 0.3) is 0 Å². The molecule has 3 rings (SSSR count). The van der Waals surface area contributed by atoms with Crippen molar-refractivity contribution in [1.29, 1.82) is 0 Å². The smallest absolute Gasteiger partial charge is 0.191 e. The fourth-order valence-corrected chi connectivity index (χ4v) is 3.31. The highest BCUT2D eigenvalue weighted by Crippen LogP contribution is 2.14. The van der Waals surface area contributed by atoms with Gasteiger partial charge in [-0.2, -0.15) is 0 Å². The minimum atomic E-state index is -0.191. The predicted molar refractivity (Wildman–Crippen MR) is 101 cm³/mol. The standard InChI is InChI=1S/C19H27FN6/c1-14-12-16(20)8-7-15(14)9-10-22-19(21-2)23-13-18-25-24-17-6-4-3-5-11-26(17)18/h7-8,12H,3-6,9-11,13H2,1-2H3,(H2,21,22,23). The molecule has 0 radical (unpaired) electrons. The number of nitrogens with one attached hydrogen (secondary N) is 2. The van der Waals surface area contributed by atoms with Gasteiger partial charge in [-0.05, 0) is 49.4 Å². The second-order valence-corrected chi connectivity index (χ2v) is 6.67. The van der Waals surface area contributed by atoms with Crippen LogP contribution in [0.4, 0.5) is 4.39 Å². The van der Waals surface area contributed by atoms with E-state index >= 15 is 0 Å². The van der Waals surface area contributed by atoms with Crippen LogP contribution in [0.1, 0.15) is 42.0 Å².